The number of hydrogen-bond donors (Lipinski definition) is 0. The molecule has 2 heteroatoms. The lowest BCUT2D eigenvalue weighted by Gasteiger charge is -2.27. The Kier molecular flexibility index (Phi) is 1.63. The zero-order valence-corrected chi connectivity index (χ0v) is 6.88. The van der Waals surface area contributed by atoms with E-state index in [-0.39, 0.29) is 12.1 Å². The molecule has 2 aliphatic rings. The van der Waals surface area contributed by atoms with Gasteiger partial charge in [-0.3, -0.25) is 4.79 Å². The fourth-order valence-corrected chi connectivity index (χ4v) is 2.20. The molecule has 1 heterocycles. The molecular weight excluding hydrogens is 140 g/mol. The molecule has 11 heavy (non-hydrogen) atoms. The minimum absolute atomic E-state index is 0.0223. The predicted molar refractivity (Wildman–Crippen MR) is 41.0 cm³/mol. The minimum atomic E-state index is 0.0223. The predicted octanol–water partition coefficient (Wildman–Crippen LogP) is 1.74. The Morgan fingerprint density at radius 3 is 3.09 bits per heavy atom. The quantitative estimate of drug-likeness (QED) is 0.497. The summed E-state index contributed by atoms with van der Waals surface area (Å²) in [7, 11) is 0. The van der Waals surface area contributed by atoms with Gasteiger partial charge in [0.1, 0.15) is 6.10 Å². The molecule has 0 radical (unpaired) electrons. The molecule has 1 saturated carbocycles. The van der Waals surface area contributed by atoms with Crippen LogP contribution < -0.4 is 0 Å². The van der Waals surface area contributed by atoms with Gasteiger partial charge in [0.05, 0.1) is 6.42 Å². The largest absolute Gasteiger partial charge is 0.462 e. The van der Waals surface area contributed by atoms with Gasteiger partial charge in [-0.15, -0.1) is 0 Å². The third kappa shape index (κ3) is 1.26. The number of hydrogen-bond acceptors (Lipinski definition) is 2. The number of ether oxygens (including phenoxy) is 1. The maximum absolute atomic E-state index is 10.9. The first-order valence-electron chi connectivity index (χ1n) is 4.45. The topological polar surface area (TPSA) is 26.3 Å². The molecule has 0 aromatic rings. The van der Waals surface area contributed by atoms with Crippen molar-refractivity contribution in [2.75, 3.05) is 0 Å². The number of esters is 1. The van der Waals surface area contributed by atoms with Gasteiger partial charge >= 0.3 is 5.97 Å². The van der Waals surface area contributed by atoms with Gasteiger partial charge in [0.2, 0.25) is 0 Å². The first kappa shape index (κ1) is 7.14. The van der Waals surface area contributed by atoms with Crippen LogP contribution in [0.4, 0.5) is 0 Å². The van der Waals surface area contributed by atoms with Gasteiger partial charge in [0, 0.05) is 5.92 Å². The molecule has 2 rings (SSSR count). The van der Waals surface area contributed by atoms with Gasteiger partial charge in [-0.2, -0.15) is 0 Å². The van der Waals surface area contributed by atoms with Crippen molar-refractivity contribution in [3.05, 3.63) is 0 Å². The lowest BCUT2D eigenvalue weighted by molar-refractivity contribution is -0.142. The highest BCUT2D eigenvalue weighted by Gasteiger charge is 2.38. The summed E-state index contributed by atoms with van der Waals surface area (Å²) < 4.78 is 5.20. The summed E-state index contributed by atoms with van der Waals surface area (Å²) in [6, 6.07) is 0. The third-order valence-corrected chi connectivity index (χ3v) is 2.90. The molecule has 0 aromatic heterocycles. The van der Waals surface area contributed by atoms with Crippen LogP contribution in [-0.2, 0) is 9.53 Å². The molecule has 2 fully saturated rings. The lowest BCUT2D eigenvalue weighted by Crippen LogP contribution is -2.24. The van der Waals surface area contributed by atoms with Crippen molar-refractivity contribution in [2.24, 2.45) is 11.8 Å². The van der Waals surface area contributed by atoms with E-state index in [9.17, 15) is 4.79 Å². The van der Waals surface area contributed by atoms with E-state index in [2.05, 4.69) is 6.92 Å². The van der Waals surface area contributed by atoms with E-state index in [1.807, 2.05) is 0 Å². The second-order valence-electron chi connectivity index (χ2n) is 3.91. The van der Waals surface area contributed by atoms with Crippen LogP contribution in [0.3, 0.4) is 0 Å². The van der Waals surface area contributed by atoms with Gasteiger partial charge in [-0.05, 0) is 18.8 Å². The van der Waals surface area contributed by atoms with E-state index >= 15 is 0 Å². The van der Waals surface area contributed by atoms with Crippen LogP contribution in [0.25, 0.3) is 0 Å². The van der Waals surface area contributed by atoms with E-state index in [4.69, 9.17) is 4.74 Å². The SMILES string of the molecule is CC1CCC2CC(=O)OC2C1. The van der Waals surface area contributed by atoms with Crippen LogP contribution in [0.15, 0.2) is 0 Å². The molecule has 0 N–H and O–H groups in total. The van der Waals surface area contributed by atoms with Gasteiger partial charge in [0.15, 0.2) is 0 Å². The molecule has 1 aliphatic carbocycles. The van der Waals surface area contributed by atoms with Crippen molar-refractivity contribution in [3.63, 3.8) is 0 Å². The number of carbonyl (C=O) groups is 1. The number of rotatable bonds is 0. The van der Waals surface area contributed by atoms with Gasteiger partial charge < -0.3 is 4.74 Å². The molecule has 3 unspecified atom stereocenters. The molecular formula is C9H14O2. The monoisotopic (exact) mass is 154 g/mol. The van der Waals surface area contributed by atoms with Crippen LogP contribution in [-0.4, -0.2) is 12.1 Å². The second kappa shape index (κ2) is 2.50. The maximum atomic E-state index is 10.9. The second-order valence-corrected chi connectivity index (χ2v) is 3.91. The van der Waals surface area contributed by atoms with Crippen LogP contribution in [0.1, 0.15) is 32.6 Å². The fourth-order valence-electron chi connectivity index (χ4n) is 2.20. The number of fused-ring (bicyclic) bond motifs is 1. The molecule has 1 aliphatic heterocycles. The molecule has 0 amide bonds. The Hall–Kier alpha value is -0.530. The average Bonchev–Trinajstić information content (AvgIpc) is 2.27. The minimum Gasteiger partial charge on any atom is -0.462 e. The third-order valence-electron chi connectivity index (χ3n) is 2.90. The van der Waals surface area contributed by atoms with Crippen molar-refractivity contribution >= 4 is 5.97 Å². The fraction of sp³-hybridized carbons (Fsp3) is 0.889. The molecule has 62 valence electrons. The Bertz CT molecular complexity index is 176. The van der Waals surface area contributed by atoms with Gasteiger partial charge in [0.25, 0.3) is 0 Å². The summed E-state index contributed by atoms with van der Waals surface area (Å²) >= 11 is 0. The van der Waals surface area contributed by atoms with Crippen molar-refractivity contribution in [1.82, 2.24) is 0 Å². The maximum Gasteiger partial charge on any atom is 0.306 e. The summed E-state index contributed by atoms with van der Waals surface area (Å²) in [6.45, 7) is 2.24. The van der Waals surface area contributed by atoms with E-state index in [0.717, 1.165) is 12.3 Å². The van der Waals surface area contributed by atoms with Crippen LogP contribution >= 0.6 is 0 Å². The van der Waals surface area contributed by atoms with Crippen molar-refractivity contribution in [1.29, 1.82) is 0 Å². The molecule has 0 aromatic carbocycles. The van der Waals surface area contributed by atoms with E-state index in [1.165, 1.54) is 12.8 Å². The van der Waals surface area contributed by atoms with Crippen LogP contribution in [0.2, 0.25) is 0 Å². The molecule has 1 saturated heterocycles. The van der Waals surface area contributed by atoms with Crippen molar-refractivity contribution in [2.45, 2.75) is 38.7 Å². The van der Waals surface area contributed by atoms with E-state index < -0.39 is 0 Å². The zero-order chi connectivity index (χ0) is 7.84. The summed E-state index contributed by atoms with van der Waals surface area (Å²) in [4.78, 5) is 10.9. The van der Waals surface area contributed by atoms with Crippen molar-refractivity contribution in [3.8, 4) is 0 Å². The van der Waals surface area contributed by atoms with E-state index in [1.54, 1.807) is 0 Å². The Morgan fingerprint density at radius 2 is 2.27 bits per heavy atom. The molecule has 0 spiro atoms. The molecule has 2 nitrogen and oxygen atoms in total. The summed E-state index contributed by atoms with van der Waals surface area (Å²) in [5, 5.41) is 0. The average molecular weight is 154 g/mol. The zero-order valence-electron chi connectivity index (χ0n) is 6.88. The smallest absolute Gasteiger partial charge is 0.306 e. The highest BCUT2D eigenvalue weighted by molar-refractivity contribution is 5.72. The van der Waals surface area contributed by atoms with Crippen LogP contribution in [0.5, 0.6) is 0 Å². The Morgan fingerprint density at radius 1 is 1.45 bits per heavy atom. The Balaban J connectivity index is 2.02. The normalized spacial score (nSPS) is 43.4. The summed E-state index contributed by atoms with van der Waals surface area (Å²) in [5.74, 6) is 1.33. The lowest BCUT2D eigenvalue weighted by atomic mass is 9.81. The summed E-state index contributed by atoms with van der Waals surface area (Å²) in [5.41, 5.74) is 0. The van der Waals surface area contributed by atoms with Gasteiger partial charge in [-0.1, -0.05) is 13.3 Å². The van der Waals surface area contributed by atoms with Crippen molar-refractivity contribution < 1.29 is 9.53 Å². The first-order chi connectivity index (χ1) is 5.25. The highest BCUT2D eigenvalue weighted by atomic mass is 16.5. The standard InChI is InChI=1S/C9H14O2/c1-6-2-3-7-5-9(10)11-8(7)4-6/h6-8H,2-5H2,1H3. The summed E-state index contributed by atoms with van der Waals surface area (Å²) in [6.07, 6.45) is 4.51. The molecule has 3 atom stereocenters. The van der Waals surface area contributed by atoms with Gasteiger partial charge in [-0.25, -0.2) is 0 Å². The highest BCUT2D eigenvalue weighted by Crippen LogP contribution is 2.37. The first-order valence-corrected chi connectivity index (χ1v) is 4.45. The Labute approximate surface area is 66.9 Å². The number of carbonyl (C=O) groups excluding carboxylic acids is 1. The van der Waals surface area contributed by atoms with E-state index in [0.29, 0.717) is 12.3 Å². The van der Waals surface area contributed by atoms with Crippen LogP contribution in [0, 0.1) is 11.8 Å². The molecule has 0 bridgehead atoms.